The highest BCUT2D eigenvalue weighted by Crippen LogP contribution is 2.56. The third-order valence-electron chi connectivity index (χ3n) is 8.57. The standard InChI is InChI=1S/C26H35Cl2N3O7/c1-25(2)16(10-11-26(25,3)24(35)36)22(33)29-19-15-31(37,13-6-9-20(32)38-4)14-12-30(19)23(34)21-17(27)7-5-8-18(21)28/h5,7-8,16,19H,6,9-15H2,1-4H3,(H,29,33)(H,35,36)/t16?,19-,26?,31+/m1/s1. The van der Waals surface area contributed by atoms with E-state index in [1.165, 1.54) is 24.1 Å². The molecular weight excluding hydrogens is 537 g/mol. The lowest BCUT2D eigenvalue weighted by molar-refractivity contribution is -0.888. The van der Waals surface area contributed by atoms with E-state index in [0.717, 1.165) is 0 Å². The van der Waals surface area contributed by atoms with Crippen molar-refractivity contribution in [3.05, 3.63) is 39.0 Å². The summed E-state index contributed by atoms with van der Waals surface area (Å²) in [5.41, 5.74) is -1.90. The average Bonchev–Trinajstić information content (AvgIpc) is 3.08. The van der Waals surface area contributed by atoms with Gasteiger partial charge in [-0.05, 0) is 37.3 Å². The molecule has 1 heterocycles. The fourth-order valence-electron chi connectivity index (χ4n) is 5.59. The number of hydrogen-bond donors (Lipinski definition) is 2. The SMILES string of the molecule is COC(=O)CCC[N@+]1([O-])CCN(C(=O)c2c(Cl)cccc2Cl)[C@@H](NC(=O)C2CCC(C)(C(=O)O)C2(C)C)C1. The van der Waals surface area contributed by atoms with Crippen LogP contribution in [0.2, 0.25) is 10.0 Å². The molecule has 0 bridgehead atoms. The molecule has 2 unspecified atom stereocenters. The first-order chi connectivity index (χ1) is 17.7. The molecule has 210 valence electrons. The van der Waals surface area contributed by atoms with Crippen LogP contribution < -0.4 is 5.32 Å². The minimum absolute atomic E-state index is 0.0218. The normalized spacial score (nSPS) is 28.6. The lowest BCUT2D eigenvalue weighted by Crippen LogP contribution is -2.67. The van der Waals surface area contributed by atoms with Gasteiger partial charge in [0, 0.05) is 12.3 Å². The molecule has 2 N–H and O–H groups in total. The van der Waals surface area contributed by atoms with E-state index in [9.17, 15) is 29.5 Å². The van der Waals surface area contributed by atoms with Crippen LogP contribution in [0.1, 0.15) is 56.8 Å². The fraction of sp³-hybridized carbons (Fsp3) is 0.615. The molecule has 1 saturated heterocycles. The van der Waals surface area contributed by atoms with Gasteiger partial charge in [0.15, 0.2) is 6.17 Å². The summed E-state index contributed by atoms with van der Waals surface area (Å²) in [5, 5.41) is 26.6. The predicted molar refractivity (Wildman–Crippen MR) is 141 cm³/mol. The molecule has 1 aromatic rings. The molecule has 0 radical (unpaired) electrons. The second-order valence-electron chi connectivity index (χ2n) is 10.9. The summed E-state index contributed by atoms with van der Waals surface area (Å²) in [6.07, 6.45) is 0.0604. The number of carbonyl (C=O) groups excluding carboxylic acids is 3. The molecule has 10 nitrogen and oxygen atoms in total. The van der Waals surface area contributed by atoms with Crippen LogP contribution in [0.3, 0.4) is 0 Å². The van der Waals surface area contributed by atoms with Crippen molar-refractivity contribution in [2.24, 2.45) is 16.7 Å². The van der Waals surface area contributed by atoms with Crippen LogP contribution in [0.25, 0.3) is 0 Å². The zero-order valence-electron chi connectivity index (χ0n) is 22.1. The summed E-state index contributed by atoms with van der Waals surface area (Å²) in [7, 11) is 1.28. The van der Waals surface area contributed by atoms with Gasteiger partial charge in [0.05, 0.1) is 54.2 Å². The third-order valence-corrected chi connectivity index (χ3v) is 9.20. The van der Waals surface area contributed by atoms with Crippen molar-refractivity contribution in [2.45, 2.75) is 52.6 Å². The van der Waals surface area contributed by atoms with E-state index in [4.69, 9.17) is 23.2 Å². The average molecular weight is 572 g/mol. The second kappa shape index (κ2) is 11.4. The van der Waals surface area contributed by atoms with Crippen LogP contribution in [0, 0.1) is 22.0 Å². The van der Waals surface area contributed by atoms with Gasteiger partial charge in [-0.2, -0.15) is 0 Å². The Morgan fingerprint density at radius 2 is 1.84 bits per heavy atom. The van der Waals surface area contributed by atoms with Crippen molar-refractivity contribution in [3.63, 3.8) is 0 Å². The number of carbonyl (C=O) groups is 4. The smallest absolute Gasteiger partial charge is 0.309 e. The number of carboxylic acid groups (broad SMARTS) is 1. The largest absolute Gasteiger partial charge is 0.633 e. The number of ether oxygens (including phenoxy) is 1. The molecule has 1 aromatic carbocycles. The van der Waals surface area contributed by atoms with Gasteiger partial charge in [0.2, 0.25) is 5.91 Å². The van der Waals surface area contributed by atoms with Crippen LogP contribution in [-0.2, 0) is 19.1 Å². The Labute approximate surface area is 232 Å². The lowest BCUT2D eigenvalue weighted by atomic mass is 9.65. The number of esters is 1. The number of benzene rings is 1. The number of carboxylic acids is 1. The monoisotopic (exact) mass is 571 g/mol. The van der Waals surface area contributed by atoms with Crippen molar-refractivity contribution in [3.8, 4) is 0 Å². The highest BCUT2D eigenvalue weighted by atomic mass is 35.5. The Morgan fingerprint density at radius 1 is 1.21 bits per heavy atom. The maximum atomic E-state index is 13.6. The number of hydroxylamine groups is 3. The Hall–Kier alpha value is -2.40. The molecule has 1 aliphatic carbocycles. The summed E-state index contributed by atoms with van der Waals surface area (Å²) in [6, 6.07) is 4.68. The minimum atomic E-state index is -1.10. The van der Waals surface area contributed by atoms with Crippen molar-refractivity contribution in [1.29, 1.82) is 0 Å². The molecule has 12 heteroatoms. The van der Waals surface area contributed by atoms with Crippen molar-refractivity contribution >= 4 is 47.0 Å². The van der Waals surface area contributed by atoms with E-state index < -0.39 is 51.3 Å². The Morgan fingerprint density at radius 3 is 2.39 bits per heavy atom. The van der Waals surface area contributed by atoms with E-state index in [-0.39, 0.29) is 54.6 Å². The zero-order chi connectivity index (χ0) is 28.5. The van der Waals surface area contributed by atoms with E-state index in [0.29, 0.717) is 12.8 Å². The first-order valence-electron chi connectivity index (χ1n) is 12.6. The quantitative estimate of drug-likeness (QED) is 0.276. The molecule has 2 aliphatic rings. The number of quaternary nitrogens is 1. The molecule has 2 amide bonds. The predicted octanol–water partition coefficient (Wildman–Crippen LogP) is 3.69. The van der Waals surface area contributed by atoms with Crippen molar-refractivity contribution in [2.75, 3.05) is 33.3 Å². The van der Waals surface area contributed by atoms with E-state index in [1.54, 1.807) is 26.8 Å². The van der Waals surface area contributed by atoms with Gasteiger partial charge in [-0.1, -0.05) is 43.1 Å². The Bertz CT molecular complexity index is 1090. The van der Waals surface area contributed by atoms with Crippen molar-refractivity contribution in [1.82, 2.24) is 10.2 Å². The van der Waals surface area contributed by atoms with Gasteiger partial charge >= 0.3 is 11.9 Å². The molecule has 0 spiro atoms. The first-order valence-corrected chi connectivity index (χ1v) is 13.3. The van der Waals surface area contributed by atoms with E-state index in [2.05, 4.69) is 10.1 Å². The maximum Gasteiger partial charge on any atom is 0.309 e. The maximum absolute atomic E-state index is 13.6. The molecular formula is C26H35Cl2N3O7. The summed E-state index contributed by atoms with van der Waals surface area (Å²) in [5.74, 6) is -2.97. The number of hydrogen-bond acceptors (Lipinski definition) is 6. The molecule has 4 atom stereocenters. The van der Waals surface area contributed by atoms with Crippen LogP contribution in [0.5, 0.6) is 0 Å². The van der Waals surface area contributed by atoms with Crippen molar-refractivity contribution < 1.29 is 33.7 Å². The topological polar surface area (TPSA) is 136 Å². The number of nitrogens with one attached hydrogen (secondary N) is 1. The summed E-state index contributed by atoms with van der Waals surface area (Å²) in [4.78, 5) is 52.1. The van der Waals surface area contributed by atoms with Gasteiger partial charge in [0.1, 0.15) is 6.54 Å². The highest BCUT2D eigenvalue weighted by Gasteiger charge is 2.58. The van der Waals surface area contributed by atoms with Gasteiger partial charge in [-0.15, -0.1) is 0 Å². The van der Waals surface area contributed by atoms with E-state index in [1.807, 2.05) is 0 Å². The van der Waals surface area contributed by atoms with Crippen LogP contribution in [-0.4, -0.2) is 77.9 Å². The Kier molecular flexibility index (Phi) is 9.02. The van der Waals surface area contributed by atoms with Gasteiger partial charge in [-0.25, -0.2) is 0 Å². The second-order valence-corrected chi connectivity index (χ2v) is 11.8. The number of halogens is 2. The molecule has 1 saturated carbocycles. The molecule has 38 heavy (non-hydrogen) atoms. The molecule has 3 rings (SSSR count). The zero-order valence-corrected chi connectivity index (χ0v) is 23.6. The first kappa shape index (κ1) is 30.1. The number of amides is 2. The van der Waals surface area contributed by atoms with E-state index >= 15 is 0 Å². The molecule has 1 aliphatic heterocycles. The number of nitrogens with zero attached hydrogens (tertiary/aromatic N) is 2. The summed E-state index contributed by atoms with van der Waals surface area (Å²) in [6.45, 7) is 5.17. The highest BCUT2D eigenvalue weighted by molar-refractivity contribution is 6.39. The number of methoxy groups -OCH3 is 1. The van der Waals surface area contributed by atoms with Gasteiger partial charge in [0.25, 0.3) is 5.91 Å². The summed E-state index contributed by atoms with van der Waals surface area (Å²) >= 11 is 12.6. The van der Waals surface area contributed by atoms with Crippen LogP contribution in [0.4, 0.5) is 0 Å². The summed E-state index contributed by atoms with van der Waals surface area (Å²) < 4.78 is 3.93. The Balaban J connectivity index is 1.87. The number of aliphatic carboxylic acids is 1. The van der Waals surface area contributed by atoms with Gasteiger partial charge in [-0.3, -0.25) is 19.2 Å². The fourth-order valence-corrected chi connectivity index (χ4v) is 6.15. The van der Waals surface area contributed by atoms with Crippen LogP contribution >= 0.6 is 23.2 Å². The minimum Gasteiger partial charge on any atom is -0.633 e. The molecule has 2 fully saturated rings. The molecule has 0 aromatic heterocycles. The third kappa shape index (κ3) is 5.78. The number of piperazine rings is 1. The van der Waals surface area contributed by atoms with Crippen LogP contribution in [0.15, 0.2) is 18.2 Å². The van der Waals surface area contributed by atoms with Gasteiger partial charge < -0.3 is 29.9 Å². The number of rotatable bonds is 8. The lowest BCUT2D eigenvalue weighted by Gasteiger charge is -2.52.